The molecule has 6 heteroatoms. The van der Waals surface area contributed by atoms with Gasteiger partial charge in [0.05, 0.1) is 19.6 Å². The monoisotopic (exact) mass is 244 g/mol. The van der Waals surface area contributed by atoms with Gasteiger partial charge in [0.2, 0.25) is 0 Å². The number of hydrogen-bond donors (Lipinski definition) is 2. The molecule has 2 N–H and O–H groups in total. The van der Waals surface area contributed by atoms with Crippen LogP contribution in [0.4, 0.5) is 4.79 Å². The Hall–Kier alpha value is -1.59. The average Bonchev–Trinajstić information content (AvgIpc) is 2.12. The van der Waals surface area contributed by atoms with E-state index in [1.165, 1.54) is 0 Å². The van der Waals surface area contributed by atoms with Gasteiger partial charge in [-0.3, -0.25) is 4.79 Å². The van der Waals surface area contributed by atoms with Crippen LogP contribution in [0.15, 0.2) is 0 Å². The zero-order valence-corrected chi connectivity index (χ0v) is 10.8. The van der Waals surface area contributed by atoms with Crippen LogP contribution in [0.25, 0.3) is 0 Å². The van der Waals surface area contributed by atoms with Crippen LogP contribution in [0.2, 0.25) is 0 Å². The second kappa shape index (κ2) is 6.88. The zero-order valence-electron chi connectivity index (χ0n) is 10.8. The van der Waals surface area contributed by atoms with E-state index in [1.54, 1.807) is 27.7 Å². The maximum absolute atomic E-state index is 11.2. The van der Waals surface area contributed by atoms with Gasteiger partial charge in [-0.15, -0.1) is 0 Å². The van der Waals surface area contributed by atoms with Crippen molar-refractivity contribution in [2.45, 2.75) is 39.7 Å². The molecular weight excluding hydrogens is 224 g/mol. The normalized spacial score (nSPS) is 10.6. The number of nitrogens with one attached hydrogen (secondary N) is 2. The van der Waals surface area contributed by atoms with Crippen LogP contribution in [0.1, 0.15) is 34.1 Å². The van der Waals surface area contributed by atoms with E-state index in [-0.39, 0.29) is 25.3 Å². The van der Waals surface area contributed by atoms with Crippen LogP contribution >= 0.6 is 0 Å². The molecule has 0 saturated carbocycles. The van der Waals surface area contributed by atoms with Crippen molar-refractivity contribution in [2.75, 3.05) is 13.2 Å². The van der Waals surface area contributed by atoms with Gasteiger partial charge in [-0.1, -0.05) is 0 Å². The van der Waals surface area contributed by atoms with Crippen molar-refractivity contribution in [2.24, 2.45) is 0 Å². The SMILES string of the molecule is CCOC(=O)CC(=N)CNC(=O)OC(C)(C)C. The summed E-state index contributed by atoms with van der Waals surface area (Å²) in [6.07, 6.45) is -0.727. The predicted molar refractivity (Wildman–Crippen MR) is 63.2 cm³/mol. The maximum Gasteiger partial charge on any atom is 0.407 e. The summed E-state index contributed by atoms with van der Waals surface area (Å²) in [6, 6.07) is 0. The third kappa shape index (κ3) is 9.35. The third-order valence-electron chi connectivity index (χ3n) is 1.51. The molecule has 0 aromatic carbocycles. The summed E-state index contributed by atoms with van der Waals surface area (Å²) in [6.45, 7) is 7.20. The molecule has 0 aliphatic rings. The number of esters is 1. The molecule has 98 valence electrons. The van der Waals surface area contributed by atoms with Crippen molar-refractivity contribution in [1.82, 2.24) is 5.32 Å². The largest absolute Gasteiger partial charge is 0.466 e. The molecule has 6 nitrogen and oxygen atoms in total. The summed E-state index contributed by atoms with van der Waals surface area (Å²) >= 11 is 0. The number of rotatable bonds is 5. The molecule has 0 fully saturated rings. The Balaban J connectivity index is 3.85. The summed E-state index contributed by atoms with van der Waals surface area (Å²) in [4.78, 5) is 22.2. The van der Waals surface area contributed by atoms with Crippen molar-refractivity contribution < 1.29 is 19.1 Å². The first-order chi connectivity index (χ1) is 7.74. The second-order valence-corrected chi connectivity index (χ2v) is 4.44. The molecule has 0 radical (unpaired) electrons. The van der Waals surface area contributed by atoms with Gasteiger partial charge in [0, 0.05) is 5.71 Å². The molecule has 0 saturated heterocycles. The predicted octanol–water partition coefficient (Wildman–Crippen LogP) is 1.48. The molecule has 0 rings (SSSR count). The summed E-state index contributed by atoms with van der Waals surface area (Å²) < 4.78 is 9.65. The van der Waals surface area contributed by atoms with Gasteiger partial charge in [0.15, 0.2) is 0 Å². The fraction of sp³-hybridized carbons (Fsp3) is 0.727. The molecule has 0 aliphatic heterocycles. The zero-order chi connectivity index (χ0) is 13.5. The topological polar surface area (TPSA) is 88.5 Å². The first-order valence-corrected chi connectivity index (χ1v) is 5.43. The summed E-state index contributed by atoms with van der Waals surface area (Å²) in [5.74, 6) is -0.469. The molecular formula is C11H20N2O4. The smallest absolute Gasteiger partial charge is 0.407 e. The van der Waals surface area contributed by atoms with Crippen LogP contribution in [0.3, 0.4) is 0 Å². The van der Waals surface area contributed by atoms with E-state index in [0.717, 1.165) is 0 Å². The second-order valence-electron chi connectivity index (χ2n) is 4.44. The molecule has 0 bridgehead atoms. The van der Waals surface area contributed by atoms with Crippen molar-refractivity contribution >= 4 is 17.8 Å². The van der Waals surface area contributed by atoms with E-state index in [9.17, 15) is 9.59 Å². The minimum Gasteiger partial charge on any atom is -0.466 e. The summed E-state index contributed by atoms with van der Waals surface area (Å²) in [5.41, 5.74) is -0.498. The molecule has 0 atom stereocenters. The van der Waals surface area contributed by atoms with E-state index in [2.05, 4.69) is 10.1 Å². The van der Waals surface area contributed by atoms with Crippen LogP contribution in [0, 0.1) is 5.41 Å². The van der Waals surface area contributed by atoms with Gasteiger partial charge in [-0.05, 0) is 27.7 Å². The van der Waals surface area contributed by atoms with Crippen molar-refractivity contribution in [1.29, 1.82) is 5.41 Å². The Morgan fingerprint density at radius 1 is 1.29 bits per heavy atom. The maximum atomic E-state index is 11.2. The highest BCUT2D eigenvalue weighted by Crippen LogP contribution is 2.06. The Bertz CT molecular complexity index is 294. The molecule has 1 amide bonds. The van der Waals surface area contributed by atoms with Crippen LogP contribution in [-0.2, 0) is 14.3 Å². The number of ether oxygens (including phenoxy) is 2. The van der Waals surface area contributed by atoms with Gasteiger partial charge in [-0.25, -0.2) is 4.79 Å². The number of amides is 1. The standard InChI is InChI=1S/C11H20N2O4/c1-5-16-9(14)6-8(12)7-13-10(15)17-11(2,3)4/h12H,5-7H2,1-4H3,(H,13,15). The molecule has 0 aromatic heterocycles. The highest BCUT2D eigenvalue weighted by Gasteiger charge is 2.16. The fourth-order valence-electron chi connectivity index (χ4n) is 0.942. The first kappa shape index (κ1) is 15.4. The third-order valence-corrected chi connectivity index (χ3v) is 1.51. The van der Waals surface area contributed by atoms with E-state index < -0.39 is 17.7 Å². The van der Waals surface area contributed by atoms with E-state index >= 15 is 0 Å². The van der Waals surface area contributed by atoms with Crippen LogP contribution in [0.5, 0.6) is 0 Å². The minimum absolute atomic E-state index is 0.0201. The van der Waals surface area contributed by atoms with Crippen molar-refractivity contribution in [3.8, 4) is 0 Å². The van der Waals surface area contributed by atoms with E-state index in [4.69, 9.17) is 10.1 Å². The Kier molecular flexibility index (Phi) is 6.23. The number of carbonyl (C=O) groups excluding carboxylic acids is 2. The molecule has 17 heavy (non-hydrogen) atoms. The Morgan fingerprint density at radius 2 is 1.88 bits per heavy atom. The Labute approximate surface area is 101 Å². The number of carbonyl (C=O) groups is 2. The lowest BCUT2D eigenvalue weighted by Crippen LogP contribution is -2.35. The minimum atomic E-state index is -0.605. The molecule has 0 heterocycles. The molecule has 0 spiro atoms. The average molecular weight is 244 g/mol. The van der Waals surface area contributed by atoms with Crippen molar-refractivity contribution in [3.63, 3.8) is 0 Å². The van der Waals surface area contributed by atoms with Gasteiger partial charge in [-0.2, -0.15) is 0 Å². The van der Waals surface area contributed by atoms with Gasteiger partial charge >= 0.3 is 12.1 Å². The number of alkyl carbamates (subject to hydrolysis) is 1. The van der Waals surface area contributed by atoms with Crippen molar-refractivity contribution in [3.05, 3.63) is 0 Å². The van der Waals surface area contributed by atoms with Crippen LogP contribution in [-0.4, -0.2) is 36.5 Å². The van der Waals surface area contributed by atoms with E-state index in [0.29, 0.717) is 0 Å². The van der Waals surface area contributed by atoms with Gasteiger partial charge in [0.1, 0.15) is 5.60 Å². The molecule has 0 aliphatic carbocycles. The van der Waals surface area contributed by atoms with Gasteiger partial charge in [0.25, 0.3) is 0 Å². The van der Waals surface area contributed by atoms with Gasteiger partial charge < -0.3 is 20.2 Å². The quantitative estimate of drug-likeness (QED) is 0.566. The lowest BCUT2D eigenvalue weighted by Gasteiger charge is -2.19. The summed E-state index contributed by atoms with van der Waals surface area (Å²) in [7, 11) is 0. The Morgan fingerprint density at radius 3 is 2.35 bits per heavy atom. The fourth-order valence-corrected chi connectivity index (χ4v) is 0.942. The lowest BCUT2D eigenvalue weighted by atomic mass is 10.2. The molecule has 0 unspecified atom stereocenters. The first-order valence-electron chi connectivity index (χ1n) is 5.43. The highest BCUT2D eigenvalue weighted by molar-refractivity contribution is 5.99. The highest BCUT2D eigenvalue weighted by atomic mass is 16.6. The number of hydrogen-bond acceptors (Lipinski definition) is 5. The summed E-state index contributed by atoms with van der Waals surface area (Å²) in [5, 5.41) is 9.84. The molecule has 0 aromatic rings. The van der Waals surface area contributed by atoms with Crippen LogP contribution < -0.4 is 5.32 Å². The lowest BCUT2D eigenvalue weighted by molar-refractivity contribution is -0.141. The van der Waals surface area contributed by atoms with E-state index in [1.807, 2.05) is 0 Å².